The van der Waals surface area contributed by atoms with Gasteiger partial charge in [-0.2, -0.15) is 0 Å². The molecule has 5 N–H and O–H groups in total. The molecule has 7 nitrogen and oxygen atoms in total. The van der Waals surface area contributed by atoms with Crippen LogP contribution in [0.3, 0.4) is 0 Å². The second-order valence-electron chi connectivity index (χ2n) is 6.00. The van der Waals surface area contributed by atoms with Crippen molar-refractivity contribution in [3.8, 4) is 0 Å². The van der Waals surface area contributed by atoms with E-state index in [-0.39, 0.29) is 12.3 Å². The molecule has 1 aromatic rings. The van der Waals surface area contributed by atoms with Gasteiger partial charge < -0.3 is 21.1 Å². The molecule has 1 fully saturated rings. The van der Waals surface area contributed by atoms with Crippen LogP contribution in [-0.4, -0.2) is 38.5 Å². The standard InChI is InChI=1S/C14H22N4O3/c1-9-3-2-4-14(15,6-9)13(21)18-11(12(19)20)5-10-7-16-8-17-10/h7-9,11H,2-6,15H2,1H3,(H,16,17)(H,18,21)(H,19,20). The average Bonchev–Trinajstić information content (AvgIpc) is 2.90. The van der Waals surface area contributed by atoms with Crippen LogP contribution in [0.4, 0.5) is 0 Å². The molecule has 2 rings (SSSR count). The topological polar surface area (TPSA) is 121 Å². The van der Waals surface area contributed by atoms with Crippen LogP contribution in [0.25, 0.3) is 0 Å². The van der Waals surface area contributed by atoms with Gasteiger partial charge in [-0.1, -0.05) is 19.8 Å². The number of carboxylic acids is 1. The number of nitrogens with two attached hydrogens (primary N) is 1. The first-order valence-corrected chi connectivity index (χ1v) is 7.20. The average molecular weight is 294 g/mol. The summed E-state index contributed by atoms with van der Waals surface area (Å²) in [6.07, 6.45) is 6.32. The molecule has 3 atom stereocenters. The fourth-order valence-electron chi connectivity index (χ4n) is 2.92. The van der Waals surface area contributed by atoms with Gasteiger partial charge in [-0.25, -0.2) is 9.78 Å². The molecule has 1 saturated carbocycles. The molecule has 1 amide bonds. The first kappa shape index (κ1) is 15.5. The van der Waals surface area contributed by atoms with Crippen LogP contribution < -0.4 is 11.1 Å². The van der Waals surface area contributed by atoms with Gasteiger partial charge in [0, 0.05) is 18.3 Å². The smallest absolute Gasteiger partial charge is 0.326 e. The van der Waals surface area contributed by atoms with Crippen LogP contribution in [-0.2, 0) is 16.0 Å². The highest BCUT2D eigenvalue weighted by atomic mass is 16.4. The lowest BCUT2D eigenvalue weighted by Gasteiger charge is -2.36. The molecule has 21 heavy (non-hydrogen) atoms. The summed E-state index contributed by atoms with van der Waals surface area (Å²) in [4.78, 5) is 30.4. The number of hydrogen-bond donors (Lipinski definition) is 4. The van der Waals surface area contributed by atoms with Gasteiger partial charge in [-0.15, -0.1) is 0 Å². The number of aliphatic carboxylic acids is 1. The zero-order valence-corrected chi connectivity index (χ0v) is 12.1. The maximum absolute atomic E-state index is 12.4. The maximum atomic E-state index is 12.4. The van der Waals surface area contributed by atoms with Crippen molar-refractivity contribution >= 4 is 11.9 Å². The quantitative estimate of drug-likeness (QED) is 0.627. The fourth-order valence-corrected chi connectivity index (χ4v) is 2.92. The van der Waals surface area contributed by atoms with Crippen molar-refractivity contribution < 1.29 is 14.7 Å². The first-order chi connectivity index (χ1) is 9.90. The van der Waals surface area contributed by atoms with Gasteiger partial charge in [-0.3, -0.25) is 4.79 Å². The van der Waals surface area contributed by atoms with Gasteiger partial charge in [0.1, 0.15) is 6.04 Å². The van der Waals surface area contributed by atoms with Crippen LogP contribution >= 0.6 is 0 Å². The predicted octanol–water partition coefficient (Wildman–Crippen LogP) is 0.429. The lowest BCUT2D eigenvalue weighted by Crippen LogP contribution is -2.59. The molecule has 1 aromatic heterocycles. The van der Waals surface area contributed by atoms with E-state index in [2.05, 4.69) is 22.2 Å². The Morgan fingerprint density at radius 1 is 1.67 bits per heavy atom. The minimum Gasteiger partial charge on any atom is -0.480 e. The Bertz CT molecular complexity index is 502. The van der Waals surface area contributed by atoms with E-state index in [0.717, 1.165) is 12.8 Å². The number of rotatable bonds is 5. The van der Waals surface area contributed by atoms with Gasteiger partial charge in [0.25, 0.3) is 0 Å². The Hall–Kier alpha value is -1.89. The highest BCUT2D eigenvalue weighted by molar-refractivity contribution is 5.90. The Morgan fingerprint density at radius 2 is 2.43 bits per heavy atom. The molecular formula is C14H22N4O3. The second-order valence-corrected chi connectivity index (χ2v) is 6.00. The number of aromatic amines is 1. The van der Waals surface area contributed by atoms with Gasteiger partial charge in [-0.05, 0) is 18.8 Å². The van der Waals surface area contributed by atoms with Crippen LogP contribution in [0.15, 0.2) is 12.5 Å². The third kappa shape index (κ3) is 3.81. The van der Waals surface area contributed by atoms with E-state index < -0.39 is 17.6 Å². The van der Waals surface area contributed by atoms with E-state index in [1.165, 1.54) is 6.33 Å². The Morgan fingerprint density at radius 3 is 3.00 bits per heavy atom. The summed E-state index contributed by atoms with van der Waals surface area (Å²) >= 11 is 0. The molecule has 0 saturated heterocycles. The zero-order valence-electron chi connectivity index (χ0n) is 12.1. The van der Waals surface area contributed by atoms with Crippen molar-refractivity contribution in [3.05, 3.63) is 18.2 Å². The number of hydrogen-bond acceptors (Lipinski definition) is 4. The molecule has 0 aromatic carbocycles. The van der Waals surface area contributed by atoms with Crippen LogP contribution in [0.1, 0.15) is 38.3 Å². The van der Waals surface area contributed by atoms with Gasteiger partial charge in [0.05, 0.1) is 11.9 Å². The molecule has 1 heterocycles. The number of aromatic nitrogens is 2. The van der Waals surface area contributed by atoms with Crippen molar-refractivity contribution in [2.75, 3.05) is 0 Å². The van der Waals surface area contributed by atoms with Crippen molar-refractivity contribution in [2.45, 2.75) is 50.6 Å². The van der Waals surface area contributed by atoms with Crippen molar-refractivity contribution in [3.63, 3.8) is 0 Å². The normalized spacial score (nSPS) is 27.0. The number of nitrogens with zero attached hydrogens (tertiary/aromatic N) is 1. The molecule has 0 radical (unpaired) electrons. The molecule has 0 bridgehead atoms. The van der Waals surface area contributed by atoms with Crippen LogP contribution in [0, 0.1) is 5.92 Å². The molecule has 0 spiro atoms. The molecular weight excluding hydrogens is 272 g/mol. The molecule has 3 unspecified atom stereocenters. The number of H-pyrrole nitrogens is 1. The number of imidazole rings is 1. The Balaban J connectivity index is 2.02. The van der Waals surface area contributed by atoms with E-state index in [4.69, 9.17) is 5.73 Å². The predicted molar refractivity (Wildman–Crippen MR) is 76.4 cm³/mol. The maximum Gasteiger partial charge on any atom is 0.326 e. The second kappa shape index (κ2) is 6.26. The zero-order chi connectivity index (χ0) is 15.5. The monoisotopic (exact) mass is 294 g/mol. The van der Waals surface area contributed by atoms with Gasteiger partial charge in [0.15, 0.2) is 0 Å². The van der Waals surface area contributed by atoms with Crippen LogP contribution in [0.5, 0.6) is 0 Å². The number of carbonyl (C=O) groups is 2. The number of carbonyl (C=O) groups excluding carboxylic acids is 1. The van der Waals surface area contributed by atoms with Crippen LogP contribution in [0.2, 0.25) is 0 Å². The summed E-state index contributed by atoms with van der Waals surface area (Å²) in [5.41, 5.74) is 5.89. The van der Waals surface area contributed by atoms with E-state index in [1.807, 2.05) is 0 Å². The molecule has 0 aliphatic heterocycles. The van der Waals surface area contributed by atoms with Crippen molar-refractivity contribution in [1.82, 2.24) is 15.3 Å². The molecule has 116 valence electrons. The number of amides is 1. The summed E-state index contributed by atoms with van der Waals surface area (Å²) < 4.78 is 0. The van der Waals surface area contributed by atoms with Gasteiger partial charge >= 0.3 is 5.97 Å². The van der Waals surface area contributed by atoms with Gasteiger partial charge in [0.2, 0.25) is 5.91 Å². The van der Waals surface area contributed by atoms with E-state index in [0.29, 0.717) is 24.5 Å². The Kier molecular flexibility index (Phi) is 4.62. The summed E-state index contributed by atoms with van der Waals surface area (Å²) in [7, 11) is 0. The largest absolute Gasteiger partial charge is 0.480 e. The highest BCUT2D eigenvalue weighted by Crippen LogP contribution is 2.30. The lowest BCUT2D eigenvalue weighted by molar-refractivity contribution is -0.143. The lowest BCUT2D eigenvalue weighted by atomic mass is 9.76. The summed E-state index contributed by atoms with van der Waals surface area (Å²) in [5, 5.41) is 11.8. The molecule has 1 aliphatic carbocycles. The Labute approximate surface area is 123 Å². The minimum atomic E-state index is -1.08. The number of nitrogens with one attached hydrogen (secondary N) is 2. The van der Waals surface area contributed by atoms with Crippen molar-refractivity contribution in [1.29, 1.82) is 0 Å². The number of carboxylic acid groups (broad SMARTS) is 1. The third-order valence-electron chi connectivity index (χ3n) is 4.07. The summed E-state index contributed by atoms with van der Waals surface area (Å²) in [5.74, 6) is -1.07. The molecule has 7 heteroatoms. The minimum absolute atomic E-state index is 0.159. The SMILES string of the molecule is CC1CCCC(N)(C(=O)NC(Cc2cnc[nH]2)C(=O)O)C1. The fraction of sp³-hybridized carbons (Fsp3) is 0.643. The highest BCUT2D eigenvalue weighted by Gasteiger charge is 2.39. The van der Waals surface area contributed by atoms with Crippen molar-refractivity contribution in [2.24, 2.45) is 11.7 Å². The molecule has 1 aliphatic rings. The summed E-state index contributed by atoms with van der Waals surface area (Å²) in [6.45, 7) is 2.06. The third-order valence-corrected chi connectivity index (χ3v) is 4.07. The first-order valence-electron chi connectivity index (χ1n) is 7.20. The van der Waals surface area contributed by atoms with E-state index in [9.17, 15) is 14.7 Å². The summed E-state index contributed by atoms with van der Waals surface area (Å²) in [6, 6.07) is -1.00. The van der Waals surface area contributed by atoms with E-state index in [1.54, 1.807) is 6.20 Å². The van der Waals surface area contributed by atoms with E-state index >= 15 is 0 Å².